The molecule has 0 radical (unpaired) electrons. The van der Waals surface area contributed by atoms with E-state index in [0.717, 1.165) is 12.0 Å². The summed E-state index contributed by atoms with van der Waals surface area (Å²) in [7, 11) is -1.38. The number of amides is 2. The topological polar surface area (TPSA) is 114 Å². The van der Waals surface area contributed by atoms with Crippen molar-refractivity contribution < 1.29 is 18.0 Å². The minimum absolute atomic E-state index is 0.0178. The lowest BCUT2D eigenvalue weighted by molar-refractivity contribution is -0.134. The minimum Gasteiger partial charge on any atom is -0.755 e. The number of hydrogen-bond acceptors (Lipinski definition) is 7. The first-order valence-corrected chi connectivity index (χ1v) is 16.1. The van der Waals surface area contributed by atoms with Crippen molar-refractivity contribution in [2.24, 2.45) is 5.92 Å². The molecule has 1 saturated carbocycles. The van der Waals surface area contributed by atoms with Gasteiger partial charge in [-0.1, -0.05) is 30.3 Å². The molecule has 1 aromatic carbocycles. The van der Waals surface area contributed by atoms with Gasteiger partial charge in [-0.15, -0.1) is 0 Å². The zero-order valence-electron chi connectivity index (χ0n) is 25.0. The van der Waals surface area contributed by atoms with Crippen LogP contribution in [-0.2, 0) is 14.6 Å². The summed E-state index contributed by atoms with van der Waals surface area (Å²) < 4.78 is 25.7. The molecule has 10 heteroatoms. The summed E-state index contributed by atoms with van der Waals surface area (Å²) in [5.74, 6) is -1.48. The number of aromatic nitrogens is 1. The molecule has 0 bridgehead atoms. The normalized spacial score (nSPS) is 23.8. The molecule has 224 valence electrons. The van der Waals surface area contributed by atoms with E-state index < -0.39 is 32.4 Å². The number of carbonyl (C=O) groups is 2. The van der Waals surface area contributed by atoms with Gasteiger partial charge in [0.05, 0.1) is 16.1 Å². The molecule has 2 aliphatic rings. The smallest absolute Gasteiger partial charge is 0.245 e. The van der Waals surface area contributed by atoms with Crippen LogP contribution in [-0.4, -0.2) is 88.3 Å². The molecular formula is C31H43N4O5S-. The first-order chi connectivity index (χ1) is 19.2. The van der Waals surface area contributed by atoms with E-state index in [0.29, 0.717) is 31.0 Å². The molecular weight excluding hydrogens is 540 g/mol. The first-order valence-electron chi connectivity index (χ1n) is 14.5. The lowest BCUT2D eigenvalue weighted by Gasteiger charge is -2.45. The maximum atomic E-state index is 13.7. The third-order valence-corrected chi connectivity index (χ3v) is 11.6. The highest BCUT2D eigenvalue weighted by molar-refractivity contribution is 7.92. The molecule has 2 fully saturated rings. The third-order valence-electron chi connectivity index (χ3n) is 8.86. The molecule has 4 atom stereocenters. The number of benzene rings is 1. The summed E-state index contributed by atoms with van der Waals surface area (Å²) in [6.45, 7) is 9.67. The minimum atomic E-state index is -3.44. The van der Waals surface area contributed by atoms with Crippen molar-refractivity contribution in [3.63, 3.8) is 0 Å². The number of nitrogens with zero attached hydrogens (tertiary/aromatic N) is 4. The van der Waals surface area contributed by atoms with Crippen LogP contribution in [0.15, 0.2) is 48.8 Å². The molecule has 9 nitrogen and oxygen atoms in total. The maximum Gasteiger partial charge on any atom is 0.245 e. The fraction of sp³-hybridized carbons (Fsp3) is 0.581. The van der Waals surface area contributed by atoms with E-state index in [4.69, 9.17) is 0 Å². The number of pyridine rings is 1. The van der Waals surface area contributed by atoms with E-state index >= 15 is 0 Å². The predicted molar refractivity (Wildman–Crippen MR) is 161 cm³/mol. The van der Waals surface area contributed by atoms with E-state index in [-0.39, 0.29) is 40.8 Å². The second kappa shape index (κ2) is 12.2. The van der Waals surface area contributed by atoms with Crippen LogP contribution in [0.2, 0.25) is 0 Å². The lowest BCUT2D eigenvalue weighted by atomic mass is 9.81. The Morgan fingerprint density at radius 3 is 2.41 bits per heavy atom. The van der Waals surface area contributed by atoms with Gasteiger partial charge in [-0.3, -0.25) is 14.6 Å². The quantitative estimate of drug-likeness (QED) is 0.424. The van der Waals surface area contributed by atoms with E-state index in [1.807, 2.05) is 30.3 Å². The molecule has 0 spiro atoms. The average Bonchev–Trinajstić information content (AvgIpc) is 3.32. The third kappa shape index (κ3) is 6.65. The van der Waals surface area contributed by atoms with Crippen molar-refractivity contribution in [3.8, 4) is 11.1 Å². The van der Waals surface area contributed by atoms with Gasteiger partial charge in [0.1, 0.15) is 6.04 Å². The zero-order valence-corrected chi connectivity index (χ0v) is 25.8. The van der Waals surface area contributed by atoms with Crippen LogP contribution in [0.3, 0.4) is 0 Å². The summed E-state index contributed by atoms with van der Waals surface area (Å²) >= 11 is 0. The lowest BCUT2D eigenvalue weighted by Crippen LogP contribution is -2.53. The van der Waals surface area contributed by atoms with Crippen LogP contribution in [0.1, 0.15) is 70.7 Å². The second-order valence-corrected chi connectivity index (χ2v) is 15.5. The average molecular weight is 584 g/mol. The summed E-state index contributed by atoms with van der Waals surface area (Å²) in [6.07, 6.45) is 5.32. The Morgan fingerprint density at radius 1 is 1.10 bits per heavy atom. The molecule has 4 rings (SSSR count). The van der Waals surface area contributed by atoms with Crippen LogP contribution in [0.25, 0.3) is 11.1 Å². The van der Waals surface area contributed by atoms with Gasteiger partial charge in [0.25, 0.3) is 0 Å². The first kappa shape index (κ1) is 31.1. The summed E-state index contributed by atoms with van der Waals surface area (Å²) in [6, 6.07) is 10.1. The van der Waals surface area contributed by atoms with Crippen molar-refractivity contribution in [3.05, 3.63) is 59.6 Å². The summed E-state index contributed by atoms with van der Waals surface area (Å²) in [5.41, 5.74) is 1.69. The Balaban J connectivity index is 1.53. The van der Waals surface area contributed by atoms with Crippen molar-refractivity contribution in [2.45, 2.75) is 89.2 Å². The second-order valence-electron chi connectivity index (χ2n) is 12.7. The molecule has 2 amide bonds. The Bertz CT molecular complexity index is 1340. The van der Waals surface area contributed by atoms with Crippen molar-refractivity contribution in [2.75, 3.05) is 19.3 Å². The van der Waals surface area contributed by atoms with Gasteiger partial charge in [0.2, 0.25) is 11.8 Å². The molecule has 1 aliphatic carbocycles. The van der Waals surface area contributed by atoms with Crippen LogP contribution in [0.4, 0.5) is 0 Å². The van der Waals surface area contributed by atoms with Gasteiger partial charge >= 0.3 is 0 Å². The number of carbonyl (C=O) groups excluding carboxylic acids is 2. The fourth-order valence-electron chi connectivity index (χ4n) is 5.98. The number of sulfone groups is 1. The summed E-state index contributed by atoms with van der Waals surface area (Å²) in [4.78, 5) is 35.0. The summed E-state index contributed by atoms with van der Waals surface area (Å²) in [5, 5.41) is 13.6. The highest BCUT2D eigenvalue weighted by Gasteiger charge is 2.46. The Hall–Kier alpha value is -2.82. The highest BCUT2D eigenvalue weighted by Crippen LogP contribution is 2.37. The maximum absolute atomic E-state index is 13.7. The van der Waals surface area contributed by atoms with E-state index in [1.165, 1.54) is 6.20 Å². The molecule has 0 N–H and O–H groups in total. The van der Waals surface area contributed by atoms with Crippen LogP contribution in [0.5, 0.6) is 0 Å². The number of likely N-dealkylation sites (tertiary alicyclic amines) is 1. The van der Waals surface area contributed by atoms with Gasteiger partial charge < -0.3 is 20.1 Å². The van der Waals surface area contributed by atoms with Crippen LogP contribution in [0, 0.1) is 11.1 Å². The molecule has 1 aliphatic heterocycles. The SMILES string of the molecule is CC(C)N(C)[C@@H]1CC[C@H](N2CC[C@H](N([O-])C(=O)c3cncc(-c4ccccc4)c3)C2=O)[C@H](CS(=O)(=O)C(C)(C)C)C1. The highest BCUT2D eigenvalue weighted by atomic mass is 32.2. The molecule has 1 aromatic heterocycles. The van der Waals surface area contributed by atoms with E-state index in [9.17, 15) is 23.2 Å². The molecule has 0 unspecified atom stereocenters. The van der Waals surface area contributed by atoms with Gasteiger partial charge in [-0.05, 0) is 84.9 Å². The van der Waals surface area contributed by atoms with Gasteiger partial charge in [0.15, 0.2) is 9.84 Å². The predicted octanol–water partition coefficient (Wildman–Crippen LogP) is 4.38. The van der Waals surface area contributed by atoms with Gasteiger partial charge in [-0.25, -0.2) is 8.42 Å². The Labute approximate surface area is 244 Å². The Morgan fingerprint density at radius 2 is 1.78 bits per heavy atom. The van der Waals surface area contributed by atoms with Crippen LogP contribution >= 0.6 is 0 Å². The number of hydrogen-bond donors (Lipinski definition) is 0. The standard InChI is InChI=1S/C31H43N4O5S/c1-21(2)33(6)26-12-13-27(25(17-26)20-41(39,40)31(3,4)5)34-15-14-28(30(34)37)35(38)29(36)24-16-23(18-32-19-24)22-10-8-7-9-11-22/h7-11,16,18-19,21,25-28H,12-15,17,20H2,1-6H3/q-1/t25-,26+,27-,28-/m0/s1. The monoisotopic (exact) mass is 583 g/mol. The number of hydroxylamine groups is 2. The van der Waals surface area contributed by atoms with E-state index in [1.54, 1.807) is 37.9 Å². The molecule has 2 heterocycles. The van der Waals surface area contributed by atoms with Crippen molar-refractivity contribution in [1.82, 2.24) is 19.8 Å². The molecule has 2 aromatic rings. The van der Waals surface area contributed by atoms with Crippen molar-refractivity contribution >= 4 is 21.7 Å². The fourth-order valence-corrected chi connectivity index (χ4v) is 7.41. The molecule has 41 heavy (non-hydrogen) atoms. The van der Waals surface area contributed by atoms with Gasteiger partial charge in [-0.2, -0.15) is 0 Å². The van der Waals surface area contributed by atoms with Crippen molar-refractivity contribution in [1.29, 1.82) is 0 Å². The van der Waals surface area contributed by atoms with Crippen LogP contribution < -0.4 is 0 Å². The van der Waals surface area contributed by atoms with E-state index in [2.05, 4.69) is 30.8 Å². The Kier molecular flexibility index (Phi) is 9.26. The molecule has 1 saturated heterocycles. The van der Waals surface area contributed by atoms with Gasteiger partial charge in [0, 0.05) is 42.6 Å². The number of rotatable bonds is 8. The largest absolute Gasteiger partial charge is 0.755 e. The zero-order chi connectivity index (χ0) is 30.1.